The van der Waals surface area contributed by atoms with E-state index in [1.165, 1.54) is 4.90 Å². The molecule has 1 heterocycles. The highest BCUT2D eigenvalue weighted by Gasteiger charge is 2.34. The summed E-state index contributed by atoms with van der Waals surface area (Å²) in [5.41, 5.74) is 5.43. The van der Waals surface area contributed by atoms with Crippen molar-refractivity contribution in [2.75, 3.05) is 6.54 Å². The summed E-state index contributed by atoms with van der Waals surface area (Å²) < 4.78 is 0. The van der Waals surface area contributed by atoms with E-state index in [1.54, 1.807) is 6.92 Å². The summed E-state index contributed by atoms with van der Waals surface area (Å²) in [5.74, 6) is -0.605. The molecule has 76 valence electrons. The van der Waals surface area contributed by atoms with E-state index in [0.29, 0.717) is 13.0 Å². The van der Waals surface area contributed by atoms with Crippen LogP contribution in [-0.2, 0) is 4.79 Å². The van der Waals surface area contributed by atoms with E-state index in [4.69, 9.17) is 15.5 Å². The van der Waals surface area contributed by atoms with Gasteiger partial charge in [-0.3, -0.25) is 4.79 Å². The Morgan fingerprint density at radius 3 is 2.77 bits per heavy atom. The number of carbonyl (C=O) groups excluding carboxylic acids is 1. The molecule has 1 amide bonds. The van der Waals surface area contributed by atoms with E-state index in [9.17, 15) is 4.79 Å². The molecule has 13 heavy (non-hydrogen) atoms. The normalized spacial score (nSPS) is 25.3. The van der Waals surface area contributed by atoms with Crippen molar-refractivity contribution in [3.8, 4) is 0 Å². The van der Waals surface area contributed by atoms with Crippen molar-refractivity contribution >= 4 is 14.3 Å². The van der Waals surface area contributed by atoms with Crippen molar-refractivity contribution < 1.29 is 14.6 Å². The zero-order valence-electron chi connectivity index (χ0n) is 7.55. The lowest BCUT2D eigenvalue weighted by atomic mass is 10.3. The van der Waals surface area contributed by atoms with E-state index in [1.807, 2.05) is 0 Å². The molecule has 1 aliphatic rings. The van der Waals surface area contributed by atoms with Crippen molar-refractivity contribution in [3.05, 3.63) is 0 Å². The quantitative estimate of drug-likeness (QED) is 0.535. The minimum Gasteiger partial charge on any atom is -0.349 e. The second kappa shape index (κ2) is 4.33. The molecule has 2 atom stereocenters. The molecule has 0 aromatic carbocycles. The Labute approximate surface area is 78.4 Å². The van der Waals surface area contributed by atoms with Crippen LogP contribution in [0.1, 0.15) is 19.8 Å². The fourth-order valence-corrected chi connectivity index (χ4v) is 2.40. The minimum atomic E-state index is -2.05. The Morgan fingerprint density at radius 1 is 1.69 bits per heavy atom. The third-order valence-electron chi connectivity index (χ3n) is 2.16. The van der Waals surface area contributed by atoms with Gasteiger partial charge in [0.2, 0.25) is 5.91 Å². The first-order chi connectivity index (χ1) is 6.04. The first-order valence-electron chi connectivity index (χ1n) is 4.27. The smallest absolute Gasteiger partial charge is 0.239 e. The standard InChI is InChI=1S/C7H15N2O3P/c1-5(8)7(10)9-4-2-3-6(9)13(11)12/h5-6,11-12H,2-4,8H2,1H3/t5-,6?/m0/s1. The minimum absolute atomic E-state index is 0.196. The van der Waals surface area contributed by atoms with E-state index in [2.05, 4.69) is 0 Å². The lowest BCUT2D eigenvalue weighted by molar-refractivity contribution is -0.131. The number of hydrogen-bond acceptors (Lipinski definition) is 4. The third-order valence-corrected chi connectivity index (χ3v) is 3.23. The van der Waals surface area contributed by atoms with Gasteiger partial charge in [0.25, 0.3) is 0 Å². The Hall–Kier alpha value is -0.220. The van der Waals surface area contributed by atoms with Crippen LogP contribution in [0.3, 0.4) is 0 Å². The molecule has 5 nitrogen and oxygen atoms in total. The maximum Gasteiger partial charge on any atom is 0.239 e. The fraction of sp³-hybridized carbons (Fsp3) is 0.857. The average Bonchev–Trinajstić information content (AvgIpc) is 2.50. The third kappa shape index (κ3) is 2.38. The molecule has 0 aliphatic carbocycles. The largest absolute Gasteiger partial charge is 0.349 e. The maximum atomic E-state index is 11.4. The van der Waals surface area contributed by atoms with Crippen molar-refractivity contribution in [2.24, 2.45) is 5.73 Å². The van der Waals surface area contributed by atoms with Crippen molar-refractivity contribution in [2.45, 2.75) is 31.6 Å². The lowest BCUT2D eigenvalue weighted by Crippen LogP contribution is -2.43. The molecule has 1 aliphatic heterocycles. The molecule has 1 fully saturated rings. The van der Waals surface area contributed by atoms with Crippen LogP contribution in [0.5, 0.6) is 0 Å². The SMILES string of the molecule is C[C@H](N)C(=O)N1CCCC1P(O)O. The molecule has 4 N–H and O–H groups in total. The Balaban J connectivity index is 2.63. The van der Waals surface area contributed by atoms with Gasteiger partial charge in [-0.2, -0.15) is 0 Å². The predicted octanol–water partition coefficient (Wildman–Crippen LogP) is -0.421. The number of rotatable bonds is 2. The van der Waals surface area contributed by atoms with Gasteiger partial charge < -0.3 is 20.4 Å². The molecule has 1 rings (SSSR count). The number of carbonyl (C=O) groups is 1. The molecule has 6 heteroatoms. The summed E-state index contributed by atoms with van der Waals surface area (Å²) in [6.07, 6.45) is 1.49. The van der Waals surface area contributed by atoms with Crippen LogP contribution in [0.2, 0.25) is 0 Å². The van der Waals surface area contributed by atoms with Crippen LogP contribution in [0.4, 0.5) is 0 Å². The summed E-state index contributed by atoms with van der Waals surface area (Å²) in [7, 11) is -2.05. The highest BCUT2D eigenvalue weighted by Crippen LogP contribution is 2.40. The summed E-state index contributed by atoms with van der Waals surface area (Å²) in [4.78, 5) is 31.0. The average molecular weight is 206 g/mol. The van der Waals surface area contributed by atoms with Gasteiger partial charge in [0.05, 0.1) is 6.04 Å². The monoisotopic (exact) mass is 206 g/mol. The molecule has 0 aromatic heterocycles. The van der Waals surface area contributed by atoms with Crippen LogP contribution in [0.25, 0.3) is 0 Å². The Kier molecular flexibility index (Phi) is 3.62. The summed E-state index contributed by atoms with van der Waals surface area (Å²) in [6, 6.07) is -0.560. The number of nitrogens with two attached hydrogens (primary N) is 1. The first kappa shape index (κ1) is 10.9. The van der Waals surface area contributed by atoms with Gasteiger partial charge in [-0.1, -0.05) is 0 Å². The molecular formula is C7H15N2O3P. The molecule has 1 unspecified atom stereocenters. The summed E-state index contributed by atoms with van der Waals surface area (Å²) >= 11 is 0. The van der Waals surface area contributed by atoms with Crippen LogP contribution >= 0.6 is 8.38 Å². The van der Waals surface area contributed by atoms with Crippen molar-refractivity contribution in [3.63, 3.8) is 0 Å². The zero-order valence-corrected chi connectivity index (χ0v) is 8.44. The Bertz CT molecular complexity index is 198. The fourth-order valence-electron chi connectivity index (χ4n) is 1.51. The number of hydrogen-bond donors (Lipinski definition) is 3. The molecule has 0 aromatic rings. The number of amides is 1. The highest BCUT2D eigenvalue weighted by molar-refractivity contribution is 7.45. The first-order valence-corrected chi connectivity index (χ1v) is 5.58. The maximum absolute atomic E-state index is 11.4. The molecule has 0 radical (unpaired) electrons. The van der Waals surface area contributed by atoms with Gasteiger partial charge in [0.1, 0.15) is 5.78 Å². The zero-order chi connectivity index (χ0) is 10.0. The molecule has 0 spiro atoms. The van der Waals surface area contributed by atoms with Crippen LogP contribution in [-0.4, -0.2) is 39.0 Å². The van der Waals surface area contributed by atoms with Crippen molar-refractivity contribution in [1.29, 1.82) is 0 Å². The molecule has 0 bridgehead atoms. The van der Waals surface area contributed by atoms with Gasteiger partial charge in [0, 0.05) is 6.54 Å². The van der Waals surface area contributed by atoms with Gasteiger partial charge in [0.15, 0.2) is 8.38 Å². The molecule has 0 saturated carbocycles. The lowest BCUT2D eigenvalue weighted by Gasteiger charge is -2.26. The topological polar surface area (TPSA) is 86.8 Å². The Morgan fingerprint density at radius 2 is 2.31 bits per heavy atom. The van der Waals surface area contributed by atoms with Gasteiger partial charge in [-0.15, -0.1) is 0 Å². The van der Waals surface area contributed by atoms with E-state index in [0.717, 1.165) is 6.42 Å². The molecule has 1 saturated heterocycles. The predicted molar refractivity (Wildman–Crippen MR) is 49.7 cm³/mol. The molecular weight excluding hydrogens is 191 g/mol. The van der Waals surface area contributed by atoms with Gasteiger partial charge >= 0.3 is 0 Å². The van der Waals surface area contributed by atoms with Crippen LogP contribution in [0.15, 0.2) is 0 Å². The van der Waals surface area contributed by atoms with Gasteiger partial charge in [-0.25, -0.2) is 0 Å². The summed E-state index contributed by atoms with van der Waals surface area (Å²) in [6.45, 7) is 2.19. The van der Waals surface area contributed by atoms with E-state index >= 15 is 0 Å². The number of likely N-dealkylation sites (tertiary alicyclic amines) is 1. The summed E-state index contributed by atoms with van der Waals surface area (Å²) in [5, 5.41) is 0. The van der Waals surface area contributed by atoms with E-state index in [-0.39, 0.29) is 5.91 Å². The van der Waals surface area contributed by atoms with Crippen molar-refractivity contribution in [1.82, 2.24) is 4.90 Å². The van der Waals surface area contributed by atoms with E-state index < -0.39 is 20.2 Å². The second-order valence-electron chi connectivity index (χ2n) is 3.26. The van der Waals surface area contributed by atoms with Gasteiger partial charge in [-0.05, 0) is 19.8 Å². The second-order valence-corrected chi connectivity index (χ2v) is 4.50. The van der Waals surface area contributed by atoms with Crippen LogP contribution in [0, 0.1) is 0 Å². The van der Waals surface area contributed by atoms with Crippen LogP contribution < -0.4 is 5.73 Å². The highest BCUT2D eigenvalue weighted by atomic mass is 31.2. The number of nitrogens with zero attached hydrogens (tertiary/aromatic N) is 1.